The lowest BCUT2D eigenvalue weighted by atomic mass is 9.91. The maximum absolute atomic E-state index is 13.4. The number of hydrogen-bond donors (Lipinski definition) is 0. The lowest BCUT2D eigenvalue weighted by Crippen LogP contribution is -2.22. The van der Waals surface area contributed by atoms with Crippen LogP contribution in [0.3, 0.4) is 0 Å². The number of halogens is 3. The van der Waals surface area contributed by atoms with Gasteiger partial charge in [-0.05, 0) is 24.5 Å². The van der Waals surface area contributed by atoms with E-state index in [-0.39, 0.29) is 17.7 Å². The molecule has 2 aromatic carbocycles. The van der Waals surface area contributed by atoms with Crippen LogP contribution in [0.2, 0.25) is 0 Å². The van der Waals surface area contributed by atoms with Crippen molar-refractivity contribution in [3.63, 3.8) is 0 Å². The van der Waals surface area contributed by atoms with E-state index in [0.717, 1.165) is 5.56 Å². The normalized spacial score (nSPS) is 13.0. The molecule has 2 aromatic rings. The summed E-state index contributed by atoms with van der Waals surface area (Å²) in [5.41, 5.74) is 1.10. The highest BCUT2D eigenvalue weighted by Gasteiger charge is 2.41. The number of aryl methyl sites for hydroxylation is 1. The van der Waals surface area contributed by atoms with Crippen molar-refractivity contribution < 1.29 is 17.9 Å². The molecule has 1 nitrogen and oxygen atoms in total. The molecule has 0 aromatic heterocycles. The van der Waals surface area contributed by atoms with Crippen LogP contribution in [-0.4, -0.2) is 13.3 Å². The minimum Gasteiger partial charge on any atom is -0.496 e. The van der Waals surface area contributed by atoms with Gasteiger partial charge in [-0.1, -0.05) is 48.5 Å². The largest absolute Gasteiger partial charge is 0.496 e. The van der Waals surface area contributed by atoms with E-state index in [4.69, 9.17) is 4.74 Å². The molecule has 0 radical (unpaired) electrons. The Morgan fingerprint density at radius 2 is 1.57 bits per heavy atom. The third-order valence-electron chi connectivity index (χ3n) is 3.47. The minimum absolute atomic E-state index is 0.00782. The van der Waals surface area contributed by atoms with E-state index in [0.29, 0.717) is 6.42 Å². The van der Waals surface area contributed by atoms with Gasteiger partial charge in [0.2, 0.25) is 0 Å². The average Bonchev–Trinajstić information content (AvgIpc) is 2.47. The third-order valence-corrected chi connectivity index (χ3v) is 3.47. The van der Waals surface area contributed by atoms with E-state index < -0.39 is 12.1 Å². The van der Waals surface area contributed by atoms with Crippen molar-refractivity contribution in [3.8, 4) is 5.75 Å². The van der Waals surface area contributed by atoms with Crippen LogP contribution in [0.5, 0.6) is 5.75 Å². The van der Waals surface area contributed by atoms with Crippen molar-refractivity contribution >= 4 is 0 Å². The van der Waals surface area contributed by atoms with Gasteiger partial charge in [0.1, 0.15) is 5.75 Å². The molecule has 2 rings (SSSR count). The van der Waals surface area contributed by atoms with Crippen LogP contribution in [0.1, 0.15) is 23.5 Å². The fourth-order valence-corrected chi connectivity index (χ4v) is 2.41. The first-order valence-corrected chi connectivity index (χ1v) is 6.76. The van der Waals surface area contributed by atoms with Gasteiger partial charge in [0, 0.05) is 5.56 Å². The predicted octanol–water partition coefficient (Wildman–Crippen LogP) is 4.97. The van der Waals surface area contributed by atoms with E-state index in [1.165, 1.54) is 13.2 Å². The number of ether oxygens (including phenoxy) is 1. The van der Waals surface area contributed by atoms with Gasteiger partial charge in [-0.2, -0.15) is 13.2 Å². The van der Waals surface area contributed by atoms with Gasteiger partial charge in [0.25, 0.3) is 0 Å². The maximum Gasteiger partial charge on any atom is 0.395 e. The number of methoxy groups -OCH3 is 1. The zero-order chi connectivity index (χ0) is 15.3. The number of benzene rings is 2. The number of hydrogen-bond acceptors (Lipinski definition) is 1. The number of para-hydroxylation sites is 1. The second-order valence-electron chi connectivity index (χ2n) is 4.86. The van der Waals surface area contributed by atoms with Crippen molar-refractivity contribution in [3.05, 3.63) is 65.7 Å². The van der Waals surface area contributed by atoms with Crippen LogP contribution in [-0.2, 0) is 6.42 Å². The van der Waals surface area contributed by atoms with E-state index in [1.807, 2.05) is 30.3 Å². The topological polar surface area (TPSA) is 9.23 Å². The van der Waals surface area contributed by atoms with Crippen LogP contribution in [0.15, 0.2) is 54.6 Å². The first kappa shape index (κ1) is 15.4. The molecule has 0 saturated carbocycles. The second-order valence-corrected chi connectivity index (χ2v) is 4.86. The van der Waals surface area contributed by atoms with E-state index in [2.05, 4.69) is 0 Å². The first-order valence-electron chi connectivity index (χ1n) is 6.76. The van der Waals surface area contributed by atoms with Crippen molar-refractivity contribution in [2.24, 2.45) is 0 Å². The summed E-state index contributed by atoms with van der Waals surface area (Å²) >= 11 is 0. The van der Waals surface area contributed by atoms with Gasteiger partial charge >= 0.3 is 6.18 Å². The Kier molecular flexibility index (Phi) is 4.89. The molecule has 0 bridgehead atoms. The highest BCUT2D eigenvalue weighted by Crippen LogP contribution is 2.41. The molecule has 112 valence electrons. The Balaban J connectivity index is 2.23. The van der Waals surface area contributed by atoms with E-state index >= 15 is 0 Å². The standard InChI is InChI=1S/C17H17F3O/c1-21-16-10-6-5-9-14(16)15(17(18,19)20)12-11-13-7-3-2-4-8-13/h2-10,15H,11-12H2,1H3/t15-/m1/s1. The molecule has 0 N–H and O–H groups in total. The molecule has 0 aliphatic rings. The highest BCUT2D eigenvalue weighted by molar-refractivity contribution is 5.37. The molecule has 21 heavy (non-hydrogen) atoms. The summed E-state index contributed by atoms with van der Waals surface area (Å²) in [6, 6.07) is 15.5. The Bertz CT molecular complexity index is 564. The lowest BCUT2D eigenvalue weighted by Gasteiger charge is -2.22. The zero-order valence-corrected chi connectivity index (χ0v) is 11.7. The maximum atomic E-state index is 13.4. The van der Waals surface area contributed by atoms with Crippen LogP contribution >= 0.6 is 0 Å². The Hall–Kier alpha value is -1.97. The monoisotopic (exact) mass is 294 g/mol. The fourth-order valence-electron chi connectivity index (χ4n) is 2.41. The molecule has 0 aliphatic heterocycles. The minimum atomic E-state index is -4.29. The van der Waals surface area contributed by atoms with Gasteiger partial charge in [0.15, 0.2) is 0 Å². The molecule has 4 heteroatoms. The average molecular weight is 294 g/mol. The highest BCUT2D eigenvalue weighted by atomic mass is 19.4. The van der Waals surface area contributed by atoms with E-state index in [1.54, 1.807) is 18.2 Å². The summed E-state index contributed by atoms with van der Waals surface area (Å²) in [6.45, 7) is 0. The smallest absolute Gasteiger partial charge is 0.395 e. The molecular weight excluding hydrogens is 277 g/mol. The Morgan fingerprint density at radius 1 is 0.952 bits per heavy atom. The van der Waals surface area contributed by atoms with Crippen LogP contribution in [0.25, 0.3) is 0 Å². The Labute approximate surface area is 122 Å². The quantitative estimate of drug-likeness (QED) is 0.756. The molecule has 0 spiro atoms. The first-order chi connectivity index (χ1) is 10.0. The van der Waals surface area contributed by atoms with Gasteiger partial charge < -0.3 is 4.74 Å². The molecule has 0 unspecified atom stereocenters. The number of alkyl halides is 3. The summed E-state index contributed by atoms with van der Waals surface area (Å²) in [5.74, 6) is -1.23. The van der Waals surface area contributed by atoms with Crippen LogP contribution < -0.4 is 4.74 Å². The van der Waals surface area contributed by atoms with E-state index in [9.17, 15) is 13.2 Å². The second kappa shape index (κ2) is 6.66. The molecule has 0 aliphatic carbocycles. The molecular formula is C17H17F3O. The molecule has 0 saturated heterocycles. The molecule has 0 heterocycles. The summed E-state index contributed by atoms with van der Waals surface area (Å²) in [6.07, 6.45) is -3.90. The summed E-state index contributed by atoms with van der Waals surface area (Å²) in [7, 11) is 1.39. The Morgan fingerprint density at radius 3 is 2.19 bits per heavy atom. The van der Waals surface area contributed by atoms with Crippen LogP contribution in [0, 0.1) is 0 Å². The fraction of sp³-hybridized carbons (Fsp3) is 0.294. The summed E-state index contributed by atoms with van der Waals surface area (Å²) in [5, 5.41) is 0. The van der Waals surface area contributed by atoms with Crippen molar-refractivity contribution in [1.82, 2.24) is 0 Å². The van der Waals surface area contributed by atoms with Crippen LogP contribution in [0.4, 0.5) is 13.2 Å². The van der Waals surface area contributed by atoms with Gasteiger partial charge in [-0.25, -0.2) is 0 Å². The molecule has 1 atom stereocenters. The van der Waals surface area contributed by atoms with Crippen molar-refractivity contribution in [2.45, 2.75) is 24.9 Å². The third kappa shape index (κ3) is 4.00. The van der Waals surface area contributed by atoms with Crippen molar-refractivity contribution in [1.29, 1.82) is 0 Å². The van der Waals surface area contributed by atoms with Gasteiger partial charge in [-0.3, -0.25) is 0 Å². The van der Waals surface area contributed by atoms with Gasteiger partial charge in [-0.15, -0.1) is 0 Å². The van der Waals surface area contributed by atoms with Crippen molar-refractivity contribution in [2.75, 3.05) is 7.11 Å². The molecule has 0 fully saturated rings. The number of rotatable bonds is 5. The predicted molar refractivity (Wildman–Crippen MR) is 76.6 cm³/mol. The SMILES string of the molecule is COc1ccccc1[C@@H](CCc1ccccc1)C(F)(F)F. The lowest BCUT2D eigenvalue weighted by molar-refractivity contribution is -0.152. The zero-order valence-electron chi connectivity index (χ0n) is 11.7. The van der Waals surface area contributed by atoms with Gasteiger partial charge in [0.05, 0.1) is 13.0 Å². The summed E-state index contributed by atoms with van der Waals surface area (Å²) < 4.78 is 45.2. The molecule has 0 amide bonds. The summed E-state index contributed by atoms with van der Waals surface area (Å²) in [4.78, 5) is 0.